The van der Waals surface area contributed by atoms with E-state index >= 15 is 0 Å². The SMILES string of the molecule is CC[C@@H](C(=O)NCc1ccccc1)N(C(=O)c1snc(C(=O)NC2CCCCC2)c1N)c1ccc2c(c1)OCCO2. The Balaban J connectivity index is 1.44. The van der Waals surface area contributed by atoms with E-state index in [4.69, 9.17) is 15.2 Å². The van der Waals surface area contributed by atoms with Crippen LogP contribution in [0.15, 0.2) is 48.5 Å². The van der Waals surface area contributed by atoms with E-state index in [0.29, 0.717) is 43.4 Å². The zero-order valence-electron chi connectivity index (χ0n) is 23.1. The highest BCUT2D eigenvalue weighted by atomic mass is 32.1. The van der Waals surface area contributed by atoms with Crippen molar-refractivity contribution in [3.8, 4) is 11.5 Å². The van der Waals surface area contributed by atoms with Gasteiger partial charge in [0, 0.05) is 24.3 Å². The molecule has 4 N–H and O–H groups in total. The third kappa shape index (κ3) is 6.45. The predicted octanol–water partition coefficient (Wildman–Crippen LogP) is 4.30. The van der Waals surface area contributed by atoms with E-state index in [2.05, 4.69) is 15.0 Å². The van der Waals surface area contributed by atoms with Crippen LogP contribution in [0.2, 0.25) is 0 Å². The number of nitrogen functional groups attached to an aromatic ring is 1. The van der Waals surface area contributed by atoms with E-state index in [1.807, 2.05) is 37.3 Å². The molecule has 0 saturated heterocycles. The lowest BCUT2D eigenvalue weighted by Crippen LogP contribution is -2.49. The molecule has 3 aromatic rings. The molecule has 1 aromatic heterocycles. The Morgan fingerprint density at radius 3 is 2.51 bits per heavy atom. The van der Waals surface area contributed by atoms with Crippen molar-refractivity contribution in [3.05, 3.63) is 64.7 Å². The van der Waals surface area contributed by atoms with E-state index in [9.17, 15) is 14.4 Å². The van der Waals surface area contributed by atoms with Crippen molar-refractivity contribution in [2.45, 2.75) is 64.1 Å². The maximum absolute atomic E-state index is 14.2. The third-order valence-electron chi connectivity index (χ3n) is 7.41. The summed E-state index contributed by atoms with van der Waals surface area (Å²) in [6.45, 7) is 2.95. The van der Waals surface area contributed by atoms with Crippen LogP contribution in [0.1, 0.15) is 71.2 Å². The van der Waals surface area contributed by atoms with Crippen LogP contribution in [0.4, 0.5) is 11.4 Å². The number of fused-ring (bicyclic) bond motifs is 1. The van der Waals surface area contributed by atoms with Crippen molar-refractivity contribution < 1.29 is 23.9 Å². The van der Waals surface area contributed by atoms with Crippen molar-refractivity contribution in [3.63, 3.8) is 0 Å². The lowest BCUT2D eigenvalue weighted by molar-refractivity contribution is -0.122. The zero-order chi connectivity index (χ0) is 28.8. The van der Waals surface area contributed by atoms with Crippen LogP contribution in [0.25, 0.3) is 0 Å². The Kier molecular flexibility index (Phi) is 9.03. The highest BCUT2D eigenvalue weighted by Crippen LogP contribution is 2.36. The molecule has 216 valence electrons. The lowest BCUT2D eigenvalue weighted by Gasteiger charge is -2.31. The topological polar surface area (TPSA) is 136 Å². The van der Waals surface area contributed by atoms with Crippen molar-refractivity contribution in [2.24, 2.45) is 0 Å². The molecule has 0 bridgehead atoms. The Hall–Kier alpha value is -4.12. The number of carbonyl (C=O) groups is 3. The first-order valence-electron chi connectivity index (χ1n) is 14.1. The first-order chi connectivity index (χ1) is 20.0. The molecule has 1 saturated carbocycles. The first-order valence-corrected chi connectivity index (χ1v) is 14.8. The van der Waals surface area contributed by atoms with Gasteiger partial charge in [0.25, 0.3) is 11.8 Å². The van der Waals surface area contributed by atoms with E-state index in [1.54, 1.807) is 18.2 Å². The molecule has 2 heterocycles. The second-order valence-corrected chi connectivity index (χ2v) is 11.0. The van der Waals surface area contributed by atoms with Crippen molar-refractivity contribution in [2.75, 3.05) is 23.8 Å². The fraction of sp³-hybridized carbons (Fsp3) is 0.400. The Morgan fingerprint density at radius 2 is 1.78 bits per heavy atom. The summed E-state index contributed by atoms with van der Waals surface area (Å²) >= 11 is 0.862. The second-order valence-electron chi connectivity index (χ2n) is 10.2. The third-order valence-corrected chi connectivity index (χ3v) is 8.26. The van der Waals surface area contributed by atoms with Crippen LogP contribution in [0.5, 0.6) is 11.5 Å². The van der Waals surface area contributed by atoms with Crippen molar-refractivity contribution in [1.82, 2.24) is 15.0 Å². The maximum atomic E-state index is 14.2. The van der Waals surface area contributed by atoms with E-state index in [0.717, 1.165) is 49.2 Å². The number of nitrogens with zero attached hydrogens (tertiary/aromatic N) is 2. The van der Waals surface area contributed by atoms with E-state index in [-0.39, 0.29) is 34.1 Å². The number of nitrogens with two attached hydrogens (primary N) is 1. The molecule has 0 unspecified atom stereocenters. The van der Waals surface area contributed by atoms with Gasteiger partial charge >= 0.3 is 0 Å². The fourth-order valence-corrected chi connectivity index (χ4v) is 5.97. The molecular formula is C30H35N5O5S. The number of rotatable bonds is 9. The number of carbonyl (C=O) groups excluding carboxylic acids is 3. The van der Waals surface area contributed by atoms with Gasteiger partial charge in [0.05, 0.1) is 5.69 Å². The Morgan fingerprint density at radius 1 is 1.05 bits per heavy atom. The molecule has 41 heavy (non-hydrogen) atoms. The van der Waals surface area contributed by atoms with Crippen LogP contribution in [0.3, 0.4) is 0 Å². The normalized spacial score (nSPS) is 15.5. The molecule has 0 radical (unpaired) electrons. The van der Waals surface area contributed by atoms with Crippen molar-refractivity contribution >= 4 is 40.6 Å². The summed E-state index contributed by atoms with van der Waals surface area (Å²) in [6, 6.07) is 13.9. The molecular weight excluding hydrogens is 542 g/mol. The summed E-state index contributed by atoms with van der Waals surface area (Å²) in [5.74, 6) is -0.180. The molecule has 1 aliphatic carbocycles. The summed E-state index contributed by atoms with van der Waals surface area (Å²) in [6.07, 6.45) is 5.45. The molecule has 0 spiro atoms. The Bertz CT molecular complexity index is 1390. The average Bonchev–Trinajstić information content (AvgIpc) is 3.40. The maximum Gasteiger partial charge on any atom is 0.273 e. The van der Waals surface area contributed by atoms with Crippen LogP contribution >= 0.6 is 11.5 Å². The number of hydrogen-bond acceptors (Lipinski definition) is 8. The van der Waals surface area contributed by atoms with Gasteiger partial charge in [-0.25, -0.2) is 0 Å². The number of benzene rings is 2. The lowest BCUT2D eigenvalue weighted by atomic mass is 9.95. The summed E-state index contributed by atoms with van der Waals surface area (Å²) in [4.78, 5) is 42.2. The number of nitrogens with one attached hydrogen (secondary N) is 2. The van der Waals surface area contributed by atoms with Gasteiger partial charge in [-0.1, -0.05) is 56.5 Å². The Labute approximate surface area is 243 Å². The summed E-state index contributed by atoms with van der Waals surface area (Å²) < 4.78 is 15.7. The summed E-state index contributed by atoms with van der Waals surface area (Å²) in [7, 11) is 0. The van der Waals surface area contributed by atoms with Gasteiger partial charge in [0.15, 0.2) is 17.2 Å². The van der Waals surface area contributed by atoms with Gasteiger partial charge in [0.1, 0.15) is 24.1 Å². The van der Waals surface area contributed by atoms with Gasteiger partial charge in [-0.15, -0.1) is 0 Å². The van der Waals surface area contributed by atoms with Gasteiger partial charge in [-0.2, -0.15) is 4.37 Å². The standard InChI is InChI=1S/C30H35N5O5S/c1-2-22(28(36)32-18-19-9-5-3-6-10-19)35(21-13-14-23-24(17-21)40-16-15-39-23)30(38)27-25(31)26(34-41-27)29(37)33-20-11-7-4-8-12-20/h3,5-6,9-10,13-14,17,20,22H,2,4,7-8,11-12,15-16,18,31H2,1H3,(H,32,36)(H,33,37)/t22-/m0/s1. The number of anilines is 2. The first kappa shape index (κ1) is 28.4. The predicted molar refractivity (Wildman–Crippen MR) is 157 cm³/mol. The minimum Gasteiger partial charge on any atom is -0.486 e. The molecule has 1 fully saturated rings. The van der Waals surface area contributed by atoms with Crippen LogP contribution in [0, 0.1) is 0 Å². The monoisotopic (exact) mass is 577 g/mol. The van der Waals surface area contributed by atoms with Gasteiger partial charge in [-0.05, 0) is 48.5 Å². The quantitative estimate of drug-likeness (QED) is 0.345. The van der Waals surface area contributed by atoms with Gasteiger partial charge in [0.2, 0.25) is 5.91 Å². The zero-order valence-corrected chi connectivity index (χ0v) is 23.9. The molecule has 2 aliphatic rings. The smallest absolute Gasteiger partial charge is 0.273 e. The van der Waals surface area contributed by atoms with E-state index < -0.39 is 11.9 Å². The second kappa shape index (κ2) is 13.0. The molecule has 5 rings (SSSR count). The molecule has 11 heteroatoms. The largest absolute Gasteiger partial charge is 0.486 e. The van der Waals surface area contributed by atoms with Crippen LogP contribution in [-0.2, 0) is 11.3 Å². The minimum atomic E-state index is -0.866. The van der Waals surface area contributed by atoms with Crippen LogP contribution < -0.4 is 30.7 Å². The fourth-order valence-electron chi connectivity index (χ4n) is 5.23. The highest BCUT2D eigenvalue weighted by Gasteiger charge is 2.35. The molecule has 3 amide bonds. The molecule has 10 nitrogen and oxygen atoms in total. The van der Waals surface area contributed by atoms with Crippen LogP contribution in [-0.4, -0.2) is 47.4 Å². The van der Waals surface area contributed by atoms with Gasteiger partial charge in [-0.3, -0.25) is 19.3 Å². The molecule has 1 atom stereocenters. The van der Waals surface area contributed by atoms with Crippen molar-refractivity contribution in [1.29, 1.82) is 0 Å². The summed E-state index contributed by atoms with van der Waals surface area (Å²) in [5.41, 5.74) is 7.81. The highest BCUT2D eigenvalue weighted by molar-refractivity contribution is 7.09. The number of aromatic nitrogens is 1. The van der Waals surface area contributed by atoms with E-state index in [1.165, 1.54) is 4.90 Å². The molecule has 2 aromatic carbocycles. The minimum absolute atomic E-state index is 0.00963. The average molecular weight is 578 g/mol. The summed E-state index contributed by atoms with van der Waals surface area (Å²) in [5, 5.41) is 5.97. The molecule has 1 aliphatic heterocycles. The van der Waals surface area contributed by atoms with Gasteiger partial charge < -0.3 is 25.8 Å². The number of amides is 3. The number of hydrogen-bond donors (Lipinski definition) is 3. The number of ether oxygens (including phenoxy) is 2.